The van der Waals surface area contributed by atoms with Crippen molar-refractivity contribution in [2.75, 3.05) is 13.1 Å². The number of benzene rings is 1. The molecule has 1 heterocycles. The zero-order valence-corrected chi connectivity index (χ0v) is 10.4. The average molecular weight is 272 g/mol. The Morgan fingerprint density at radius 1 is 1.39 bits per heavy atom. The molecule has 1 aliphatic rings. The lowest BCUT2D eigenvalue weighted by molar-refractivity contribution is -0.384. The largest absolute Gasteiger partial charge is 0.269 e. The molecule has 0 aliphatic carbocycles. The summed E-state index contributed by atoms with van der Waals surface area (Å²) in [6, 6.07) is 5.53. The van der Waals surface area contributed by atoms with Gasteiger partial charge in [0.1, 0.15) is 17.2 Å². The number of nitro groups is 1. The fourth-order valence-electron chi connectivity index (χ4n) is 1.88. The predicted molar refractivity (Wildman–Crippen MR) is 65.2 cm³/mol. The average Bonchev–Trinajstić information content (AvgIpc) is 2.38. The summed E-state index contributed by atoms with van der Waals surface area (Å²) >= 11 is 0. The van der Waals surface area contributed by atoms with Gasteiger partial charge < -0.3 is 0 Å². The first-order valence-corrected chi connectivity index (χ1v) is 6.74. The molecule has 1 aromatic rings. The van der Waals surface area contributed by atoms with Crippen LogP contribution in [-0.2, 0) is 11.0 Å². The van der Waals surface area contributed by atoms with E-state index in [-0.39, 0.29) is 12.2 Å². The number of non-ortho nitro benzene ring substituents is 1. The van der Waals surface area contributed by atoms with Crippen LogP contribution in [0.4, 0.5) is 10.1 Å². The quantitative estimate of drug-likeness (QED) is 0.625. The van der Waals surface area contributed by atoms with Gasteiger partial charge in [-0.2, -0.15) is 0 Å². The molecular formula is C11H13FN2O3S. The first-order chi connectivity index (χ1) is 8.58. The summed E-state index contributed by atoms with van der Waals surface area (Å²) in [6.45, 7) is 0.744. The Morgan fingerprint density at radius 2 is 2.06 bits per heavy atom. The van der Waals surface area contributed by atoms with E-state index >= 15 is 0 Å². The highest BCUT2D eigenvalue weighted by Crippen LogP contribution is 2.20. The van der Waals surface area contributed by atoms with E-state index in [1.54, 1.807) is 4.31 Å². The molecule has 0 N–H and O–H groups in total. The zero-order chi connectivity index (χ0) is 13.1. The lowest BCUT2D eigenvalue weighted by Gasteiger charge is -2.27. The van der Waals surface area contributed by atoms with Crippen LogP contribution in [0, 0.1) is 10.1 Å². The van der Waals surface area contributed by atoms with E-state index in [4.69, 9.17) is 0 Å². The van der Waals surface area contributed by atoms with Crippen molar-refractivity contribution < 1.29 is 13.5 Å². The van der Waals surface area contributed by atoms with Crippen molar-refractivity contribution in [1.82, 2.24) is 4.31 Å². The molecule has 2 unspecified atom stereocenters. The van der Waals surface area contributed by atoms with Crippen molar-refractivity contribution in [3.8, 4) is 0 Å². The van der Waals surface area contributed by atoms with Gasteiger partial charge in [-0.3, -0.25) is 10.1 Å². The van der Waals surface area contributed by atoms with E-state index in [1.807, 2.05) is 0 Å². The van der Waals surface area contributed by atoms with Gasteiger partial charge in [0.05, 0.1) is 9.82 Å². The number of piperidine rings is 1. The lowest BCUT2D eigenvalue weighted by Crippen LogP contribution is -2.37. The number of rotatable bonds is 3. The van der Waals surface area contributed by atoms with Crippen molar-refractivity contribution >= 4 is 16.7 Å². The van der Waals surface area contributed by atoms with Crippen molar-refractivity contribution in [3.63, 3.8) is 0 Å². The molecule has 1 fully saturated rings. The minimum atomic E-state index is -1.44. The molecule has 2 rings (SSSR count). The maximum absolute atomic E-state index is 13.2. The fraction of sp³-hybridized carbons (Fsp3) is 0.455. The molecule has 18 heavy (non-hydrogen) atoms. The van der Waals surface area contributed by atoms with E-state index in [0.29, 0.717) is 24.3 Å². The molecule has 1 saturated heterocycles. The van der Waals surface area contributed by atoms with Crippen molar-refractivity contribution in [2.24, 2.45) is 0 Å². The molecule has 0 aromatic heterocycles. The SMILES string of the molecule is O=[N+]([O-])c1ccc(S(=O)N2CCCC(F)C2)cc1. The molecule has 0 saturated carbocycles. The van der Waals surface area contributed by atoms with E-state index in [2.05, 4.69) is 0 Å². The number of nitrogens with zero attached hydrogens (tertiary/aromatic N) is 2. The highest BCUT2D eigenvalue weighted by atomic mass is 32.2. The van der Waals surface area contributed by atoms with E-state index in [9.17, 15) is 18.7 Å². The Morgan fingerprint density at radius 3 is 2.61 bits per heavy atom. The Labute approximate surface area is 106 Å². The van der Waals surface area contributed by atoms with E-state index in [0.717, 1.165) is 0 Å². The van der Waals surface area contributed by atoms with Gasteiger partial charge in [-0.05, 0) is 25.0 Å². The summed E-state index contributed by atoms with van der Waals surface area (Å²) in [5.74, 6) is 0. The minimum absolute atomic E-state index is 0.0437. The van der Waals surface area contributed by atoms with Crippen LogP contribution in [0.2, 0.25) is 0 Å². The van der Waals surface area contributed by atoms with Crippen LogP contribution in [0.15, 0.2) is 29.2 Å². The summed E-state index contributed by atoms with van der Waals surface area (Å²) in [5.41, 5.74) is -0.0437. The molecule has 1 aliphatic heterocycles. The number of hydrogen-bond acceptors (Lipinski definition) is 3. The Balaban J connectivity index is 2.10. The van der Waals surface area contributed by atoms with Crippen molar-refractivity contribution in [2.45, 2.75) is 23.9 Å². The van der Waals surface area contributed by atoms with Gasteiger partial charge >= 0.3 is 0 Å². The normalized spacial score (nSPS) is 22.6. The van der Waals surface area contributed by atoms with E-state index in [1.165, 1.54) is 24.3 Å². The molecule has 1 aromatic carbocycles. The molecular weight excluding hydrogens is 259 g/mol. The Kier molecular flexibility index (Phi) is 4.03. The van der Waals surface area contributed by atoms with E-state index < -0.39 is 22.1 Å². The van der Waals surface area contributed by atoms with Gasteiger partial charge in [-0.15, -0.1) is 0 Å². The van der Waals surface area contributed by atoms with Gasteiger partial charge in [0.2, 0.25) is 0 Å². The van der Waals surface area contributed by atoms with Gasteiger partial charge in [-0.25, -0.2) is 12.9 Å². The highest BCUT2D eigenvalue weighted by molar-refractivity contribution is 7.82. The Bertz CT molecular complexity index is 466. The third-order valence-corrected chi connectivity index (χ3v) is 4.29. The molecule has 5 nitrogen and oxygen atoms in total. The molecule has 7 heteroatoms. The van der Waals surface area contributed by atoms with Crippen LogP contribution in [-0.4, -0.2) is 32.7 Å². The second-order valence-electron chi connectivity index (χ2n) is 4.13. The van der Waals surface area contributed by atoms with Crippen LogP contribution in [0.1, 0.15) is 12.8 Å². The molecule has 0 amide bonds. The topological polar surface area (TPSA) is 63.5 Å². The summed E-state index contributed by atoms with van der Waals surface area (Å²) in [7, 11) is -1.44. The highest BCUT2D eigenvalue weighted by Gasteiger charge is 2.24. The van der Waals surface area contributed by atoms with Gasteiger partial charge in [0.15, 0.2) is 0 Å². The van der Waals surface area contributed by atoms with Crippen LogP contribution in [0.25, 0.3) is 0 Å². The summed E-state index contributed by atoms with van der Waals surface area (Å²) in [5, 5.41) is 10.5. The molecule has 2 atom stereocenters. The van der Waals surface area contributed by atoms with Crippen LogP contribution in [0.5, 0.6) is 0 Å². The standard InChI is InChI=1S/C11H13FN2O3S/c12-9-2-1-7-13(8-9)18(17)11-5-3-10(4-6-11)14(15)16/h3-6,9H,1-2,7-8H2. The third kappa shape index (κ3) is 2.91. The van der Waals surface area contributed by atoms with Crippen LogP contribution in [0.3, 0.4) is 0 Å². The van der Waals surface area contributed by atoms with Crippen molar-refractivity contribution in [1.29, 1.82) is 0 Å². The fourth-order valence-corrected chi connectivity index (χ4v) is 3.14. The number of nitro benzene ring substituents is 1. The van der Waals surface area contributed by atoms with Crippen LogP contribution >= 0.6 is 0 Å². The third-order valence-electron chi connectivity index (χ3n) is 2.81. The molecule has 0 radical (unpaired) electrons. The zero-order valence-electron chi connectivity index (χ0n) is 9.62. The van der Waals surface area contributed by atoms with Gasteiger partial charge in [0.25, 0.3) is 5.69 Å². The summed E-state index contributed by atoms with van der Waals surface area (Å²) in [4.78, 5) is 10.5. The van der Waals surface area contributed by atoms with Crippen molar-refractivity contribution in [3.05, 3.63) is 34.4 Å². The smallest absolute Gasteiger partial charge is 0.258 e. The lowest BCUT2D eigenvalue weighted by atomic mass is 10.1. The number of hydrogen-bond donors (Lipinski definition) is 0. The molecule has 98 valence electrons. The number of halogens is 1. The molecule has 0 bridgehead atoms. The maximum atomic E-state index is 13.2. The maximum Gasteiger partial charge on any atom is 0.269 e. The predicted octanol–water partition coefficient (Wildman–Crippen LogP) is 2.05. The first kappa shape index (κ1) is 13.1. The number of alkyl halides is 1. The minimum Gasteiger partial charge on any atom is -0.258 e. The monoisotopic (exact) mass is 272 g/mol. The molecule has 0 spiro atoms. The first-order valence-electron chi connectivity index (χ1n) is 5.63. The second kappa shape index (κ2) is 5.53. The summed E-state index contributed by atoms with van der Waals surface area (Å²) < 4.78 is 26.9. The van der Waals surface area contributed by atoms with Gasteiger partial charge in [-0.1, -0.05) is 0 Å². The summed E-state index contributed by atoms with van der Waals surface area (Å²) in [6.07, 6.45) is 0.245. The van der Waals surface area contributed by atoms with Gasteiger partial charge in [0, 0.05) is 25.2 Å². The second-order valence-corrected chi connectivity index (χ2v) is 5.61. The van der Waals surface area contributed by atoms with Crippen LogP contribution < -0.4 is 0 Å². The Hall–Kier alpha value is -1.34.